The maximum absolute atomic E-state index is 10.8. The first-order chi connectivity index (χ1) is 14.6. The molecule has 5 heteroatoms. The van der Waals surface area contributed by atoms with E-state index in [9.17, 15) is 5.11 Å². The number of aliphatic hydroxyl groups excluding tert-OH is 1. The highest BCUT2D eigenvalue weighted by atomic mass is 16.5. The third-order valence-corrected chi connectivity index (χ3v) is 7.23. The Morgan fingerprint density at radius 3 is 2.77 bits per heavy atom. The minimum atomic E-state index is -0.508. The first-order valence-electron chi connectivity index (χ1n) is 10.9. The summed E-state index contributed by atoms with van der Waals surface area (Å²) in [6.45, 7) is 1.99. The molecule has 5 nitrogen and oxygen atoms in total. The molecule has 0 bridgehead atoms. The third-order valence-electron chi connectivity index (χ3n) is 7.23. The molecule has 0 aromatic heterocycles. The lowest BCUT2D eigenvalue weighted by atomic mass is 9.80. The molecule has 3 aliphatic rings. The Morgan fingerprint density at radius 2 is 2.00 bits per heavy atom. The van der Waals surface area contributed by atoms with Crippen LogP contribution in [0.5, 0.6) is 11.5 Å². The zero-order valence-corrected chi connectivity index (χ0v) is 17.4. The number of fused-ring (bicyclic) bond motifs is 2. The van der Waals surface area contributed by atoms with Gasteiger partial charge in [0.15, 0.2) is 0 Å². The van der Waals surface area contributed by atoms with Crippen molar-refractivity contribution in [1.29, 1.82) is 5.26 Å². The molecule has 5 rings (SSSR count). The van der Waals surface area contributed by atoms with Crippen LogP contribution < -0.4 is 9.47 Å². The maximum Gasteiger partial charge on any atom is 0.126 e. The van der Waals surface area contributed by atoms with Crippen LogP contribution in [-0.2, 0) is 12.8 Å². The van der Waals surface area contributed by atoms with Crippen LogP contribution in [0.1, 0.15) is 54.0 Å². The van der Waals surface area contributed by atoms with Crippen molar-refractivity contribution >= 4 is 0 Å². The third kappa shape index (κ3) is 3.45. The number of hydrogen-bond acceptors (Lipinski definition) is 5. The smallest absolute Gasteiger partial charge is 0.126 e. The van der Waals surface area contributed by atoms with E-state index < -0.39 is 6.10 Å². The molecule has 2 aromatic rings. The molecule has 2 aliphatic heterocycles. The summed E-state index contributed by atoms with van der Waals surface area (Å²) in [4.78, 5) is 2.60. The Hall–Kier alpha value is -2.55. The second-order valence-corrected chi connectivity index (χ2v) is 8.94. The summed E-state index contributed by atoms with van der Waals surface area (Å²) in [5, 5.41) is 19.9. The van der Waals surface area contributed by atoms with Gasteiger partial charge in [-0.2, -0.15) is 5.26 Å². The first-order valence-corrected chi connectivity index (χ1v) is 10.9. The van der Waals surface area contributed by atoms with Gasteiger partial charge in [-0.3, -0.25) is 4.90 Å². The molecule has 156 valence electrons. The van der Waals surface area contributed by atoms with Crippen LogP contribution in [0.3, 0.4) is 0 Å². The quantitative estimate of drug-likeness (QED) is 0.825. The molecular formula is C25H28N2O3. The molecule has 1 fully saturated rings. The van der Waals surface area contributed by atoms with Gasteiger partial charge in [-0.1, -0.05) is 6.07 Å². The Kier molecular flexibility index (Phi) is 4.92. The topological polar surface area (TPSA) is 65.7 Å². The summed E-state index contributed by atoms with van der Waals surface area (Å²) in [6.07, 6.45) is 5.25. The molecule has 0 amide bonds. The molecule has 0 radical (unpaired) electrons. The summed E-state index contributed by atoms with van der Waals surface area (Å²) < 4.78 is 11.8. The van der Waals surface area contributed by atoms with Gasteiger partial charge < -0.3 is 14.6 Å². The van der Waals surface area contributed by atoms with Gasteiger partial charge in [0, 0.05) is 31.1 Å². The van der Waals surface area contributed by atoms with Gasteiger partial charge in [-0.15, -0.1) is 0 Å². The van der Waals surface area contributed by atoms with Crippen molar-refractivity contribution < 1.29 is 14.6 Å². The number of methoxy groups -OCH3 is 1. The number of aliphatic hydroxyl groups is 1. The van der Waals surface area contributed by atoms with Crippen molar-refractivity contribution in [2.75, 3.05) is 20.2 Å². The van der Waals surface area contributed by atoms with Crippen LogP contribution >= 0.6 is 0 Å². The van der Waals surface area contributed by atoms with Crippen molar-refractivity contribution in [2.24, 2.45) is 0 Å². The van der Waals surface area contributed by atoms with Crippen LogP contribution in [-0.4, -0.2) is 41.8 Å². The van der Waals surface area contributed by atoms with Crippen LogP contribution in [0.15, 0.2) is 36.4 Å². The Balaban J connectivity index is 1.26. The molecule has 1 saturated heterocycles. The summed E-state index contributed by atoms with van der Waals surface area (Å²) in [5.41, 5.74) is 4.05. The Bertz CT molecular complexity index is 988. The van der Waals surface area contributed by atoms with Gasteiger partial charge in [-0.05, 0) is 73.6 Å². The van der Waals surface area contributed by atoms with Crippen LogP contribution in [0, 0.1) is 11.3 Å². The number of nitrogens with zero attached hydrogens (tertiary/aromatic N) is 2. The minimum Gasteiger partial charge on any atom is -0.497 e. The molecule has 2 heterocycles. The molecule has 30 heavy (non-hydrogen) atoms. The second kappa shape index (κ2) is 7.61. The largest absolute Gasteiger partial charge is 0.497 e. The van der Waals surface area contributed by atoms with Gasteiger partial charge in [0.25, 0.3) is 0 Å². The van der Waals surface area contributed by atoms with Gasteiger partial charge in [0.1, 0.15) is 17.1 Å². The number of ether oxygens (including phenoxy) is 2. The van der Waals surface area contributed by atoms with E-state index >= 15 is 0 Å². The van der Waals surface area contributed by atoms with Gasteiger partial charge in [-0.25, -0.2) is 0 Å². The minimum absolute atomic E-state index is 0.272. The average Bonchev–Trinajstić information content (AvgIpc) is 2.78. The maximum atomic E-state index is 10.8. The first kappa shape index (κ1) is 19.4. The van der Waals surface area contributed by atoms with Crippen molar-refractivity contribution in [2.45, 2.75) is 56.3 Å². The van der Waals surface area contributed by atoms with Crippen molar-refractivity contribution in [3.8, 4) is 17.6 Å². The van der Waals surface area contributed by atoms with Crippen molar-refractivity contribution in [3.05, 3.63) is 58.7 Å². The van der Waals surface area contributed by atoms with Gasteiger partial charge in [0.05, 0.1) is 24.8 Å². The summed E-state index contributed by atoms with van der Waals surface area (Å²) >= 11 is 0. The average molecular weight is 405 g/mol. The summed E-state index contributed by atoms with van der Waals surface area (Å²) in [5.74, 6) is 1.55. The fraction of sp³-hybridized carbons (Fsp3) is 0.480. The van der Waals surface area contributed by atoms with E-state index in [0.29, 0.717) is 12.5 Å². The van der Waals surface area contributed by atoms with E-state index in [2.05, 4.69) is 23.1 Å². The van der Waals surface area contributed by atoms with E-state index in [1.54, 1.807) is 7.11 Å². The van der Waals surface area contributed by atoms with E-state index in [0.717, 1.165) is 67.8 Å². The lowest BCUT2D eigenvalue weighted by Crippen LogP contribution is -2.53. The number of aryl methyl sites for hydroxylation is 1. The van der Waals surface area contributed by atoms with Gasteiger partial charge >= 0.3 is 0 Å². The number of rotatable bonds is 2. The monoisotopic (exact) mass is 404 g/mol. The number of likely N-dealkylation sites (tertiary alicyclic amines) is 1. The van der Waals surface area contributed by atoms with Crippen molar-refractivity contribution in [3.63, 3.8) is 0 Å². The fourth-order valence-electron chi connectivity index (χ4n) is 5.46. The zero-order chi connectivity index (χ0) is 20.7. The summed E-state index contributed by atoms with van der Waals surface area (Å²) in [7, 11) is 1.64. The molecule has 1 unspecified atom stereocenters. The highest BCUT2D eigenvalue weighted by Gasteiger charge is 2.44. The Labute approximate surface area is 177 Å². The van der Waals surface area contributed by atoms with E-state index in [1.165, 1.54) is 11.1 Å². The predicted molar refractivity (Wildman–Crippen MR) is 114 cm³/mol. The zero-order valence-electron chi connectivity index (χ0n) is 17.4. The molecular weight excluding hydrogens is 376 g/mol. The number of hydrogen-bond donors (Lipinski definition) is 1. The second-order valence-electron chi connectivity index (χ2n) is 8.94. The molecule has 1 aliphatic carbocycles. The molecule has 1 spiro atoms. The molecule has 2 atom stereocenters. The fourth-order valence-corrected chi connectivity index (χ4v) is 5.46. The lowest BCUT2D eigenvalue weighted by Gasteiger charge is -2.48. The van der Waals surface area contributed by atoms with Crippen LogP contribution in [0.4, 0.5) is 0 Å². The Morgan fingerprint density at radius 1 is 1.17 bits per heavy atom. The van der Waals surface area contributed by atoms with E-state index in [1.807, 2.05) is 24.3 Å². The SMILES string of the molecule is COc1ccc2c(c1)C(O)CC1(CCN([C@@H]3CCc4cc(C#N)ccc4C3)CC1)O2. The van der Waals surface area contributed by atoms with E-state index in [4.69, 9.17) is 14.7 Å². The predicted octanol–water partition coefficient (Wildman–Crippen LogP) is 3.77. The van der Waals surface area contributed by atoms with Crippen LogP contribution in [0.25, 0.3) is 0 Å². The highest BCUT2D eigenvalue weighted by Crippen LogP contribution is 2.45. The number of nitriles is 1. The lowest BCUT2D eigenvalue weighted by molar-refractivity contribution is -0.0609. The van der Waals surface area contributed by atoms with Crippen molar-refractivity contribution in [1.82, 2.24) is 4.90 Å². The number of benzene rings is 2. The molecule has 0 saturated carbocycles. The van der Waals surface area contributed by atoms with Gasteiger partial charge in [0.2, 0.25) is 0 Å². The standard InChI is InChI=1S/C25H28N2O3/c1-29-21-6-7-24-22(14-21)23(28)15-25(30-24)8-10-27(11-9-25)20-5-4-18-12-17(16-26)2-3-19(18)13-20/h2-3,6-7,12,14,20,23,28H,4-5,8-11,13,15H2,1H3/t20-,23?/m1/s1. The van der Waals surface area contributed by atoms with Crippen LogP contribution in [0.2, 0.25) is 0 Å². The molecule has 2 aromatic carbocycles. The van der Waals surface area contributed by atoms with E-state index in [-0.39, 0.29) is 5.60 Å². The normalized spacial score (nSPS) is 25.0. The summed E-state index contributed by atoms with van der Waals surface area (Å²) in [6, 6.07) is 14.6. The molecule has 1 N–H and O–H groups in total. The number of piperidine rings is 1. The highest BCUT2D eigenvalue weighted by molar-refractivity contribution is 5.44.